The second-order valence-corrected chi connectivity index (χ2v) is 4.88. The molecule has 13 heavy (non-hydrogen) atoms. The molecule has 1 unspecified atom stereocenters. The predicted octanol–water partition coefficient (Wildman–Crippen LogP) is 3.09. The van der Waals surface area contributed by atoms with Crippen LogP contribution in [0.15, 0.2) is 0 Å². The summed E-state index contributed by atoms with van der Waals surface area (Å²) >= 11 is 1.72. The fourth-order valence-corrected chi connectivity index (χ4v) is 2.55. The minimum absolute atomic E-state index is 0.157. The maximum absolute atomic E-state index is 7.59. The summed E-state index contributed by atoms with van der Waals surface area (Å²) < 4.78 is 0. The first-order valence-electron chi connectivity index (χ1n) is 4.35. The van der Waals surface area contributed by atoms with Crippen molar-refractivity contribution in [2.45, 2.75) is 33.6 Å². The molecule has 0 aromatic carbocycles. The first-order chi connectivity index (χ1) is 5.95. The van der Waals surface area contributed by atoms with E-state index in [0.717, 1.165) is 11.3 Å². The van der Waals surface area contributed by atoms with Crippen LogP contribution in [0, 0.1) is 19.3 Å². The first-order valence-corrected chi connectivity index (χ1v) is 5.17. The predicted molar refractivity (Wildman–Crippen MR) is 60.0 cm³/mol. The highest BCUT2D eigenvalue weighted by atomic mass is 32.1. The number of thiophene rings is 1. The minimum atomic E-state index is 0.157. The molecule has 0 amide bonds. The van der Waals surface area contributed by atoms with Crippen LogP contribution in [0.1, 0.15) is 35.1 Å². The largest absolute Gasteiger partial charge is 0.398 e. The van der Waals surface area contributed by atoms with Crippen molar-refractivity contribution < 1.29 is 0 Å². The molecule has 0 aliphatic heterocycles. The normalized spacial score (nSPS) is 12.9. The molecule has 0 aliphatic carbocycles. The lowest BCUT2D eigenvalue weighted by molar-refractivity contribution is 0.999. The minimum Gasteiger partial charge on any atom is -0.398 e. The van der Waals surface area contributed by atoms with Crippen LogP contribution >= 0.6 is 11.3 Å². The number of nitrogen functional groups attached to an aromatic ring is 1. The van der Waals surface area contributed by atoms with Gasteiger partial charge in [-0.1, -0.05) is 6.92 Å². The fraction of sp³-hybridized carbons (Fsp3) is 0.500. The van der Waals surface area contributed by atoms with E-state index in [4.69, 9.17) is 11.1 Å². The molecule has 0 saturated heterocycles. The molecular weight excluding hydrogens is 180 g/mol. The van der Waals surface area contributed by atoms with E-state index in [9.17, 15) is 0 Å². The van der Waals surface area contributed by atoms with Gasteiger partial charge in [-0.3, -0.25) is 0 Å². The van der Waals surface area contributed by atoms with Crippen LogP contribution in [0.4, 0.5) is 5.69 Å². The average molecular weight is 196 g/mol. The van der Waals surface area contributed by atoms with Gasteiger partial charge in [-0.2, -0.15) is 0 Å². The second kappa shape index (κ2) is 3.50. The van der Waals surface area contributed by atoms with E-state index >= 15 is 0 Å². The molecule has 1 atom stereocenters. The third-order valence-electron chi connectivity index (χ3n) is 2.44. The molecular formula is C10H16N2S. The Morgan fingerprint density at radius 3 is 2.23 bits per heavy atom. The summed E-state index contributed by atoms with van der Waals surface area (Å²) in [5.41, 5.74) is 8.65. The summed E-state index contributed by atoms with van der Waals surface area (Å²) in [6.45, 7) is 7.97. The second-order valence-electron chi connectivity index (χ2n) is 3.45. The smallest absolute Gasteiger partial charge is 0.0494 e. The third kappa shape index (κ3) is 1.75. The van der Waals surface area contributed by atoms with Crippen LogP contribution in [0.3, 0.4) is 0 Å². The van der Waals surface area contributed by atoms with E-state index in [2.05, 4.69) is 6.92 Å². The number of nitrogens with two attached hydrogens (primary N) is 1. The topological polar surface area (TPSA) is 49.9 Å². The SMILES string of the molecule is CC(=N)C(C)c1c(C)sc(C)c1N. The lowest BCUT2D eigenvalue weighted by Gasteiger charge is -2.10. The van der Waals surface area contributed by atoms with Crippen molar-refractivity contribution in [3.05, 3.63) is 15.3 Å². The van der Waals surface area contributed by atoms with Gasteiger partial charge in [-0.25, -0.2) is 0 Å². The van der Waals surface area contributed by atoms with Crippen LogP contribution in [0.2, 0.25) is 0 Å². The standard InChI is InChI=1S/C10H16N2S/c1-5(6(2)11)9-7(3)13-8(4)10(9)12/h5,11H,12H2,1-4H3. The van der Waals surface area contributed by atoms with Gasteiger partial charge in [-0.05, 0) is 26.3 Å². The summed E-state index contributed by atoms with van der Waals surface area (Å²) in [5.74, 6) is 0.157. The lowest BCUT2D eigenvalue weighted by Crippen LogP contribution is -2.06. The van der Waals surface area contributed by atoms with Crippen molar-refractivity contribution in [2.24, 2.45) is 0 Å². The summed E-state index contributed by atoms with van der Waals surface area (Å²) in [6.07, 6.45) is 0. The number of rotatable bonds is 2. The Morgan fingerprint density at radius 2 is 1.92 bits per heavy atom. The average Bonchev–Trinajstić information content (AvgIpc) is 2.26. The van der Waals surface area contributed by atoms with Crippen molar-refractivity contribution in [1.82, 2.24) is 0 Å². The van der Waals surface area contributed by atoms with Crippen LogP contribution in [-0.4, -0.2) is 5.71 Å². The van der Waals surface area contributed by atoms with Crippen molar-refractivity contribution in [2.75, 3.05) is 5.73 Å². The van der Waals surface area contributed by atoms with Crippen molar-refractivity contribution >= 4 is 22.7 Å². The van der Waals surface area contributed by atoms with Crippen LogP contribution in [0.5, 0.6) is 0 Å². The first kappa shape index (κ1) is 10.3. The Morgan fingerprint density at radius 1 is 1.38 bits per heavy atom. The van der Waals surface area contributed by atoms with Gasteiger partial charge in [0.2, 0.25) is 0 Å². The molecule has 3 heteroatoms. The monoisotopic (exact) mass is 196 g/mol. The van der Waals surface area contributed by atoms with Crippen LogP contribution in [-0.2, 0) is 0 Å². The third-order valence-corrected chi connectivity index (χ3v) is 3.49. The van der Waals surface area contributed by atoms with E-state index in [1.54, 1.807) is 11.3 Å². The van der Waals surface area contributed by atoms with E-state index in [-0.39, 0.29) is 5.92 Å². The molecule has 72 valence electrons. The molecule has 0 radical (unpaired) electrons. The summed E-state index contributed by atoms with van der Waals surface area (Å²) in [6, 6.07) is 0. The van der Waals surface area contributed by atoms with Gasteiger partial charge in [-0.15, -0.1) is 11.3 Å². The zero-order valence-corrected chi connectivity index (χ0v) is 9.38. The number of aryl methyl sites for hydroxylation is 2. The van der Waals surface area contributed by atoms with Gasteiger partial charge < -0.3 is 11.1 Å². The number of hydrogen-bond donors (Lipinski definition) is 2. The zero-order valence-electron chi connectivity index (χ0n) is 8.56. The fourth-order valence-electron chi connectivity index (χ4n) is 1.47. The van der Waals surface area contributed by atoms with E-state index in [1.165, 1.54) is 9.75 Å². The molecule has 1 heterocycles. The van der Waals surface area contributed by atoms with Crippen molar-refractivity contribution in [3.8, 4) is 0 Å². The highest BCUT2D eigenvalue weighted by Crippen LogP contribution is 2.35. The Bertz CT molecular complexity index is 339. The van der Waals surface area contributed by atoms with Crippen molar-refractivity contribution in [1.29, 1.82) is 5.41 Å². The van der Waals surface area contributed by atoms with Gasteiger partial charge in [0.1, 0.15) is 0 Å². The molecule has 3 N–H and O–H groups in total. The van der Waals surface area contributed by atoms with Crippen molar-refractivity contribution in [3.63, 3.8) is 0 Å². The van der Waals surface area contributed by atoms with Gasteiger partial charge in [0.15, 0.2) is 0 Å². The molecule has 2 nitrogen and oxygen atoms in total. The van der Waals surface area contributed by atoms with E-state index < -0.39 is 0 Å². The zero-order chi connectivity index (χ0) is 10.2. The van der Waals surface area contributed by atoms with Gasteiger partial charge >= 0.3 is 0 Å². The molecule has 1 rings (SSSR count). The molecule has 0 aliphatic rings. The summed E-state index contributed by atoms with van der Waals surface area (Å²) in [4.78, 5) is 2.41. The molecule has 0 fully saturated rings. The van der Waals surface area contributed by atoms with Crippen LogP contribution in [0.25, 0.3) is 0 Å². The van der Waals surface area contributed by atoms with Gasteiger partial charge in [0, 0.05) is 27.1 Å². The maximum atomic E-state index is 7.59. The Labute approximate surface area is 83.3 Å². The Kier molecular flexibility index (Phi) is 2.76. The van der Waals surface area contributed by atoms with Gasteiger partial charge in [0.05, 0.1) is 0 Å². The van der Waals surface area contributed by atoms with Crippen LogP contribution < -0.4 is 5.73 Å². The molecule has 0 bridgehead atoms. The van der Waals surface area contributed by atoms with E-state index in [1.807, 2.05) is 20.8 Å². The molecule has 1 aromatic rings. The highest BCUT2D eigenvalue weighted by Gasteiger charge is 2.17. The Hall–Kier alpha value is -0.830. The van der Waals surface area contributed by atoms with Gasteiger partial charge in [0.25, 0.3) is 0 Å². The number of hydrogen-bond acceptors (Lipinski definition) is 3. The molecule has 0 spiro atoms. The maximum Gasteiger partial charge on any atom is 0.0494 e. The Balaban J connectivity index is 3.20. The number of nitrogens with one attached hydrogen (secondary N) is 1. The number of anilines is 1. The lowest BCUT2D eigenvalue weighted by atomic mass is 9.96. The summed E-state index contributed by atoms with van der Waals surface area (Å²) in [7, 11) is 0. The molecule has 1 aromatic heterocycles. The van der Waals surface area contributed by atoms with E-state index in [0.29, 0.717) is 5.71 Å². The highest BCUT2D eigenvalue weighted by molar-refractivity contribution is 7.12. The quantitative estimate of drug-likeness (QED) is 0.702. The molecule has 0 saturated carbocycles. The summed E-state index contributed by atoms with van der Waals surface area (Å²) in [5, 5.41) is 7.59.